The molecule has 4 heteroatoms. The molecule has 4 nitrogen and oxygen atoms in total. The van der Waals surface area contributed by atoms with Crippen LogP contribution in [0.15, 0.2) is 12.3 Å². The summed E-state index contributed by atoms with van der Waals surface area (Å²) in [5, 5.41) is 4.18. The number of hydrogen-bond acceptors (Lipinski definition) is 3. The molecule has 0 bridgehead atoms. The lowest BCUT2D eigenvalue weighted by Crippen LogP contribution is -2.46. The highest BCUT2D eigenvalue weighted by Gasteiger charge is 2.45. The van der Waals surface area contributed by atoms with Gasteiger partial charge in [0.05, 0.1) is 0 Å². The second kappa shape index (κ2) is 5.08. The number of carbonyl (C=O) groups is 1. The Bertz CT molecular complexity index is 452. The number of nitrogens with zero attached hydrogens (tertiary/aromatic N) is 2. The van der Waals surface area contributed by atoms with E-state index in [9.17, 15) is 4.79 Å². The van der Waals surface area contributed by atoms with Crippen LogP contribution in [0.5, 0.6) is 0 Å². The number of aromatic nitrogens is 2. The zero-order valence-corrected chi connectivity index (χ0v) is 12.4. The van der Waals surface area contributed by atoms with Crippen molar-refractivity contribution in [2.45, 2.75) is 58.6 Å². The topological polar surface area (TPSA) is 44.1 Å². The molecule has 0 aliphatic heterocycles. The van der Waals surface area contributed by atoms with Gasteiger partial charge in [-0.2, -0.15) is 5.10 Å². The van der Waals surface area contributed by atoms with Gasteiger partial charge < -0.3 is 4.74 Å². The zero-order chi connectivity index (χ0) is 14.1. The molecule has 19 heavy (non-hydrogen) atoms. The van der Waals surface area contributed by atoms with Gasteiger partial charge in [-0.05, 0) is 44.1 Å². The Hall–Kier alpha value is -1.16. The normalized spacial score (nSPS) is 21.3. The molecule has 0 N–H and O–H groups in total. The summed E-state index contributed by atoms with van der Waals surface area (Å²) in [6.45, 7) is 7.22. The maximum Gasteiger partial charge on any atom is 0.212 e. The van der Waals surface area contributed by atoms with Crippen molar-refractivity contribution < 1.29 is 9.53 Å². The third-order valence-electron chi connectivity index (χ3n) is 4.46. The van der Waals surface area contributed by atoms with Crippen LogP contribution in [0, 0.1) is 5.41 Å². The van der Waals surface area contributed by atoms with Gasteiger partial charge in [-0.1, -0.05) is 13.8 Å². The summed E-state index contributed by atoms with van der Waals surface area (Å²) in [4.78, 5) is 12.8. The first kappa shape index (κ1) is 14.3. The molecule has 0 radical (unpaired) electrons. The predicted molar refractivity (Wildman–Crippen MR) is 74.2 cm³/mol. The lowest BCUT2D eigenvalue weighted by molar-refractivity contribution is -0.0389. The second-order valence-electron chi connectivity index (χ2n) is 6.22. The van der Waals surface area contributed by atoms with Gasteiger partial charge in [-0.25, -0.2) is 0 Å². The van der Waals surface area contributed by atoms with E-state index in [0.717, 1.165) is 25.7 Å². The number of ether oxygens (including phenoxy) is 1. The summed E-state index contributed by atoms with van der Waals surface area (Å²) < 4.78 is 7.42. The van der Waals surface area contributed by atoms with E-state index in [2.05, 4.69) is 18.9 Å². The van der Waals surface area contributed by atoms with Crippen LogP contribution in [-0.2, 0) is 11.3 Å². The lowest BCUT2D eigenvalue weighted by atomic mass is 9.69. The Morgan fingerprint density at radius 2 is 2.00 bits per heavy atom. The molecule has 1 aliphatic carbocycles. The van der Waals surface area contributed by atoms with Crippen LogP contribution >= 0.6 is 0 Å². The van der Waals surface area contributed by atoms with Gasteiger partial charge >= 0.3 is 0 Å². The molecule has 0 spiro atoms. The van der Waals surface area contributed by atoms with Gasteiger partial charge in [0.1, 0.15) is 11.3 Å². The fraction of sp³-hybridized carbons (Fsp3) is 0.733. The molecule has 0 aromatic carbocycles. The molecule has 1 aromatic rings. The molecule has 0 saturated heterocycles. The summed E-state index contributed by atoms with van der Waals surface area (Å²) >= 11 is 0. The van der Waals surface area contributed by atoms with Gasteiger partial charge in [0.2, 0.25) is 5.78 Å². The first-order valence-corrected chi connectivity index (χ1v) is 7.06. The second-order valence-corrected chi connectivity index (χ2v) is 6.22. The minimum atomic E-state index is -0.650. The molecule has 1 saturated carbocycles. The summed E-state index contributed by atoms with van der Waals surface area (Å²) in [5.41, 5.74) is 0.333. The molecular weight excluding hydrogens is 240 g/mol. The van der Waals surface area contributed by atoms with Crippen molar-refractivity contribution in [2.75, 3.05) is 7.11 Å². The minimum absolute atomic E-state index is 0.0878. The Kier molecular flexibility index (Phi) is 3.81. The third-order valence-corrected chi connectivity index (χ3v) is 4.46. The third kappa shape index (κ3) is 2.59. The number of rotatable bonds is 4. The highest BCUT2D eigenvalue weighted by molar-refractivity contribution is 6.01. The van der Waals surface area contributed by atoms with Crippen LogP contribution in [0.4, 0.5) is 0 Å². The summed E-state index contributed by atoms with van der Waals surface area (Å²) in [5.74, 6) is 0.0878. The van der Waals surface area contributed by atoms with Gasteiger partial charge in [-0.3, -0.25) is 9.48 Å². The fourth-order valence-corrected chi connectivity index (χ4v) is 2.87. The minimum Gasteiger partial charge on any atom is -0.370 e. The van der Waals surface area contributed by atoms with Crippen LogP contribution in [-0.4, -0.2) is 28.3 Å². The molecule has 1 fully saturated rings. The van der Waals surface area contributed by atoms with Crippen molar-refractivity contribution in [2.24, 2.45) is 5.41 Å². The van der Waals surface area contributed by atoms with E-state index in [0.29, 0.717) is 17.7 Å². The monoisotopic (exact) mass is 264 g/mol. The molecule has 2 rings (SSSR count). The molecule has 106 valence electrons. The Balaban J connectivity index is 2.25. The number of hydrogen-bond donors (Lipinski definition) is 0. The van der Waals surface area contributed by atoms with Crippen LogP contribution in [0.3, 0.4) is 0 Å². The van der Waals surface area contributed by atoms with E-state index >= 15 is 0 Å². The van der Waals surface area contributed by atoms with Crippen molar-refractivity contribution in [3.63, 3.8) is 0 Å². The van der Waals surface area contributed by atoms with Crippen molar-refractivity contribution in [3.05, 3.63) is 18.0 Å². The van der Waals surface area contributed by atoms with E-state index in [1.807, 2.05) is 6.92 Å². The highest BCUT2D eigenvalue weighted by atomic mass is 16.5. The van der Waals surface area contributed by atoms with E-state index in [4.69, 9.17) is 4.74 Å². The van der Waals surface area contributed by atoms with Gasteiger partial charge in [0, 0.05) is 19.9 Å². The number of Topliss-reactive ketones (excluding diaryl/α,β-unsaturated/α-hetero) is 1. The average molecular weight is 264 g/mol. The molecule has 0 amide bonds. The van der Waals surface area contributed by atoms with Crippen LogP contribution in [0.25, 0.3) is 0 Å². The largest absolute Gasteiger partial charge is 0.370 e. The quantitative estimate of drug-likeness (QED) is 0.785. The van der Waals surface area contributed by atoms with Crippen molar-refractivity contribution in [3.8, 4) is 0 Å². The number of methoxy groups -OCH3 is 1. The van der Waals surface area contributed by atoms with E-state index in [-0.39, 0.29) is 5.78 Å². The summed E-state index contributed by atoms with van der Waals surface area (Å²) in [7, 11) is 1.66. The van der Waals surface area contributed by atoms with Crippen molar-refractivity contribution in [1.29, 1.82) is 0 Å². The molecular formula is C15H24N2O2. The van der Waals surface area contributed by atoms with Crippen molar-refractivity contribution in [1.82, 2.24) is 9.78 Å². The SMILES string of the molecule is CCn1nccc1C(=O)C1(OC)CCC(C)(C)CC1. The Morgan fingerprint density at radius 3 is 2.53 bits per heavy atom. The molecule has 1 heterocycles. The first-order valence-electron chi connectivity index (χ1n) is 7.06. The Labute approximate surface area is 115 Å². The van der Waals surface area contributed by atoms with E-state index < -0.39 is 5.60 Å². The standard InChI is InChI=1S/C15H24N2O2/c1-5-17-12(6-11-16-17)13(18)15(19-4)9-7-14(2,3)8-10-15/h6,11H,5,7-10H2,1-4H3. The van der Waals surface area contributed by atoms with Gasteiger partial charge in [0.15, 0.2) is 0 Å². The fourth-order valence-electron chi connectivity index (χ4n) is 2.87. The molecule has 0 unspecified atom stereocenters. The molecule has 0 atom stereocenters. The first-order chi connectivity index (χ1) is 8.94. The van der Waals surface area contributed by atoms with Crippen LogP contribution < -0.4 is 0 Å². The maximum absolute atomic E-state index is 12.8. The van der Waals surface area contributed by atoms with Crippen molar-refractivity contribution >= 4 is 5.78 Å². The smallest absolute Gasteiger partial charge is 0.212 e. The number of aryl methyl sites for hydroxylation is 1. The van der Waals surface area contributed by atoms with E-state index in [1.54, 1.807) is 24.1 Å². The van der Waals surface area contributed by atoms with Gasteiger partial charge in [0.25, 0.3) is 0 Å². The zero-order valence-electron chi connectivity index (χ0n) is 12.4. The summed E-state index contributed by atoms with van der Waals surface area (Å²) in [6.07, 6.45) is 5.32. The van der Waals surface area contributed by atoms with E-state index in [1.165, 1.54) is 0 Å². The molecule has 1 aromatic heterocycles. The molecule has 1 aliphatic rings. The number of ketones is 1. The number of carbonyl (C=O) groups excluding carboxylic acids is 1. The Morgan fingerprint density at radius 1 is 1.37 bits per heavy atom. The van der Waals surface area contributed by atoms with Crippen LogP contribution in [0.2, 0.25) is 0 Å². The predicted octanol–water partition coefficient (Wildman–Crippen LogP) is 3.07. The average Bonchev–Trinajstić information content (AvgIpc) is 2.87. The highest BCUT2D eigenvalue weighted by Crippen LogP contribution is 2.43. The van der Waals surface area contributed by atoms with Gasteiger partial charge in [-0.15, -0.1) is 0 Å². The lowest BCUT2D eigenvalue weighted by Gasteiger charge is -2.41. The van der Waals surface area contributed by atoms with Crippen LogP contribution in [0.1, 0.15) is 56.9 Å². The maximum atomic E-state index is 12.8. The summed E-state index contributed by atoms with van der Waals surface area (Å²) in [6, 6.07) is 1.80.